The molecule has 0 amide bonds. The van der Waals surface area contributed by atoms with Crippen LogP contribution < -0.4 is 5.32 Å². The zero-order chi connectivity index (χ0) is 8.81. The Labute approximate surface area is 80.0 Å². The molecule has 0 aromatic heterocycles. The summed E-state index contributed by atoms with van der Waals surface area (Å²) in [6.07, 6.45) is 9.66. The van der Waals surface area contributed by atoms with Crippen LogP contribution in [0.4, 0.5) is 0 Å². The molecule has 12 heavy (non-hydrogen) atoms. The molecule has 1 N–H and O–H groups in total. The molecule has 0 aliphatic heterocycles. The van der Waals surface area contributed by atoms with Crippen LogP contribution in [0.25, 0.3) is 0 Å². The zero-order valence-electron chi connectivity index (χ0n) is 7.88. The number of hydrogen-bond acceptors (Lipinski definition) is 2. The molecule has 1 saturated carbocycles. The van der Waals surface area contributed by atoms with Crippen LogP contribution in [0.15, 0.2) is 12.7 Å². The van der Waals surface area contributed by atoms with E-state index < -0.39 is 0 Å². The lowest BCUT2D eigenvalue weighted by Crippen LogP contribution is -2.35. The van der Waals surface area contributed by atoms with Crippen LogP contribution in [-0.2, 0) is 0 Å². The van der Waals surface area contributed by atoms with E-state index in [2.05, 4.69) is 18.2 Å². The predicted octanol–water partition coefficient (Wildman–Crippen LogP) is 2.44. The molecule has 0 radical (unpaired) electrons. The summed E-state index contributed by atoms with van der Waals surface area (Å²) in [6, 6.07) is 0.745. The Hall–Kier alpha value is 0.0500. The molecule has 70 valence electrons. The average molecular weight is 185 g/mol. The van der Waals surface area contributed by atoms with E-state index in [1.54, 1.807) is 0 Å². The summed E-state index contributed by atoms with van der Waals surface area (Å²) in [5.41, 5.74) is 0. The SMILES string of the molecule is C=CCNC1CCCC(SC)C1. The van der Waals surface area contributed by atoms with Crippen LogP contribution in [0.5, 0.6) is 0 Å². The van der Waals surface area contributed by atoms with Gasteiger partial charge in [0.15, 0.2) is 0 Å². The highest BCUT2D eigenvalue weighted by atomic mass is 32.2. The third kappa shape index (κ3) is 3.20. The molecule has 1 rings (SSSR count). The van der Waals surface area contributed by atoms with Crippen molar-refractivity contribution >= 4 is 11.8 Å². The Balaban J connectivity index is 2.20. The first-order valence-corrected chi connectivity index (χ1v) is 6.02. The third-order valence-electron chi connectivity index (χ3n) is 2.51. The predicted molar refractivity (Wildman–Crippen MR) is 57.8 cm³/mol. The maximum Gasteiger partial charge on any atom is 0.0134 e. The van der Waals surface area contributed by atoms with Crippen molar-refractivity contribution in [3.05, 3.63) is 12.7 Å². The van der Waals surface area contributed by atoms with Crippen molar-refractivity contribution in [1.82, 2.24) is 5.32 Å². The lowest BCUT2D eigenvalue weighted by Gasteiger charge is -2.28. The van der Waals surface area contributed by atoms with Crippen molar-refractivity contribution in [2.45, 2.75) is 37.0 Å². The van der Waals surface area contributed by atoms with Gasteiger partial charge in [-0.15, -0.1) is 6.58 Å². The fraction of sp³-hybridized carbons (Fsp3) is 0.800. The first-order valence-electron chi connectivity index (χ1n) is 4.74. The van der Waals surface area contributed by atoms with E-state index in [4.69, 9.17) is 0 Å². The summed E-state index contributed by atoms with van der Waals surface area (Å²) in [5.74, 6) is 0. The van der Waals surface area contributed by atoms with Gasteiger partial charge in [0, 0.05) is 17.8 Å². The van der Waals surface area contributed by atoms with Crippen LogP contribution in [0.2, 0.25) is 0 Å². The molecule has 2 atom stereocenters. The van der Waals surface area contributed by atoms with Gasteiger partial charge in [0.25, 0.3) is 0 Å². The molecule has 0 aromatic carbocycles. The maximum atomic E-state index is 3.72. The van der Waals surface area contributed by atoms with Crippen LogP contribution >= 0.6 is 11.8 Å². The number of hydrogen-bond donors (Lipinski definition) is 1. The topological polar surface area (TPSA) is 12.0 Å². The van der Waals surface area contributed by atoms with E-state index >= 15 is 0 Å². The van der Waals surface area contributed by atoms with E-state index in [1.807, 2.05) is 17.8 Å². The highest BCUT2D eigenvalue weighted by molar-refractivity contribution is 7.99. The average Bonchev–Trinajstić information content (AvgIpc) is 2.15. The minimum Gasteiger partial charge on any atom is -0.310 e. The summed E-state index contributed by atoms with van der Waals surface area (Å²) in [7, 11) is 0. The molecule has 0 aromatic rings. The van der Waals surface area contributed by atoms with Gasteiger partial charge in [0.2, 0.25) is 0 Å². The van der Waals surface area contributed by atoms with E-state index in [0.717, 1.165) is 17.8 Å². The Morgan fingerprint density at radius 3 is 3.08 bits per heavy atom. The second kappa shape index (κ2) is 5.65. The molecule has 1 fully saturated rings. The van der Waals surface area contributed by atoms with Crippen LogP contribution in [0, 0.1) is 0 Å². The van der Waals surface area contributed by atoms with E-state index in [-0.39, 0.29) is 0 Å². The molecule has 2 heteroatoms. The molecule has 0 heterocycles. The summed E-state index contributed by atoms with van der Waals surface area (Å²) >= 11 is 2.02. The van der Waals surface area contributed by atoms with Gasteiger partial charge in [0.05, 0.1) is 0 Å². The number of rotatable bonds is 4. The first kappa shape index (κ1) is 10.1. The Kier molecular flexibility index (Phi) is 4.77. The smallest absolute Gasteiger partial charge is 0.0134 e. The highest BCUT2D eigenvalue weighted by Crippen LogP contribution is 2.26. The van der Waals surface area contributed by atoms with Crippen LogP contribution in [-0.4, -0.2) is 24.1 Å². The lowest BCUT2D eigenvalue weighted by atomic mass is 9.95. The third-order valence-corrected chi connectivity index (χ3v) is 3.61. The fourth-order valence-electron chi connectivity index (χ4n) is 1.79. The monoisotopic (exact) mass is 185 g/mol. The zero-order valence-corrected chi connectivity index (χ0v) is 8.70. The number of thioether (sulfide) groups is 1. The van der Waals surface area contributed by atoms with Crippen molar-refractivity contribution in [1.29, 1.82) is 0 Å². The molecule has 1 aliphatic rings. The minimum atomic E-state index is 0.745. The normalized spacial score (nSPS) is 30.1. The molecule has 1 aliphatic carbocycles. The molecular weight excluding hydrogens is 166 g/mol. The number of nitrogens with one attached hydrogen (secondary N) is 1. The molecule has 1 nitrogen and oxygen atoms in total. The molecule has 0 spiro atoms. The van der Waals surface area contributed by atoms with Gasteiger partial charge in [-0.2, -0.15) is 11.8 Å². The quantitative estimate of drug-likeness (QED) is 0.675. The van der Waals surface area contributed by atoms with Gasteiger partial charge < -0.3 is 5.32 Å². The van der Waals surface area contributed by atoms with Gasteiger partial charge in [-0.25, -0.2) is 0 Å². The first-order chi connectivity index (χ1) is 5.86. The molecule has 0 bridgehead atoms. The standard InChI is InChI=1S/C10H19NS/c1-3-7-11-9-5-4-6-10(8-9)12-2/h3,9-11H,1,4-8H2,2H3. The largest absolute Gasteiger partial charge is 0.310 e. The minimum absolute atomic E-state index is 0.745. The van der Waals surface area contributed by atoms with Crippen molar-refractivity contribution in [3.8, 4) is 0 Å². The van der Waals surface area contributed by atoms with E-state index in [0.29, 0.717) is 0 Å². The summed E-state index contributed by atoms with van der Waals surface area (Å²) < 4.78 is 0. The summed E-state index contributed by atoms with van der Waals surface area (Å²) in [4.78, 5) is 0. The van der Waals surface area contributed by atoms with Gasteiger partial charge in [-0.1, -0.05) is 12.5 Å². The summed E-state index contributed by atoms with van der Waals surface area (Å²) in [5, 5.41) is 4.39. The van der Waals surface area contributed by atoms with Gasteiger partial charge >= 0.3 is 0 Å². The molecule has 0 saturated heterocycles. The van der Waals surface area contributed by atoms with Crippen molar-refractivity contribution < 1.29 is 0 Å². The van der Waals surface area contributed by atoms with Gasteiger partial charge in [-0.3, -0.25) is 0 Å². The van der Waals surface area contributed by atoms with Gasteiger partial charge in [0.1, 0.15) is 0 Å². The van der Waals surface area contributed by atoms with E-state index in [9.17, 15) is 0 Å². The van der Waals surface area contributed by atoms with Crippen molar-refractivity contribution in [2.24, 2.45) is 0 Å². The molecular formula is C10H19NS. The Morgan fingerprint density at radius 2 is 2.42 bits per heavy atom. The Morgan fingerprint density at radius 1 is 1.58 bits per heavy atom. The summed E-state index contributed by atoms with van der Waals surface area (Å²) in [6.45, 7) is 4.68. The molecule has 2 unspecified atom stereocenters. The Bertz CT molecular complexity index is 136. The maximum absolute atomic E-state index is 3.72. The van der Waals surface area contributed by atoms with E-state index in [1.165, 1.54) is 25.7 Å². The van der Waals surface area contributed by atoms with Gasteiger partial charge in [-0.05, 0) is 25.5 Å². The highest BCUT2D eigenvalue weighted by Gasteiger charge is 2.19. The fourth-order valence-corrected chi connectivity index (χ4v) is 2.62. The second-order valence-corrected chi connectivity index (χ2v) is 4.56. The van der Waals surface area contributed by atoms with Crippen molar-refractivity contribution in [3.63, 3.8) is 0 Å². The van der Waals surface area contributed by atoms with Crippen molar-refractivity contribution in [2.75, 3.05) is 12.8 Å². The van der Waals surface area contributed by atoms with Crippen LogP contribution in [0.1, 0.15) is 25.7 Å². The second-order valence-electron chi connectivity index (χ2n) is 3.42. The van der Waals surface area contributed by atoms with Crippen LogP contribution in [0.3, 0.4) is 0 Å². The lowest BCUT2D eigenvalue weighted by molar-refractivity contribution is 0.393.